The molecule has 0 atom stereocenters. The number of piperidine rings is 1. The lowest BCUT2D eigenvalue weighted by Gasteiger charge is -2.26. The van der Waals surface area contributed by atoms with E-state index in [0.717, 1.165) is 36.1 Å². The lowest BCUT2D eigenvalue weighted by atomic mass is 10.1. The fraction of sp³-hybridized carbons (Fsp3) is 0.269. The second kappa shape index (κ2) is 10.2. The number of carbonyl (C=O) groups is 1. The lowest BCUT2D eigenvalue weighted by molar-refractivity contribution is 0.102. The van der Waals surface area contributed by atoms with Crippen molar-refractivity contribution in [3.05, 3.63) is 89.5 Å². The number of para-hydroxylation sites is 1. The van der Waals surface area contributed by atoms with Gasteiger partial charge in [-0.1, -0.05) is 48.9 Å². The van der Waals surface area contributed by atoms with Crippen LogP contribution in [0.3, 0.4) is 0 Å². The first kappa shape index (κ1) is 23.0. The maximum Gasteiger partial charge on any atom is 0.256 e. The van der Waals surface area contributed by atoms with E-state index in [1.165, 1.54) is 4.31 Å². The Bertz CT molecular complexity index is 1220. The monoisotopic (exact) mass is 464 g/mol. The molecular weight excluding hydrogens is 436 g/mol. The zero-order valence-corrected chi connectivity index (χ0v) is 19.5. The molecule has 33 heavy (non-hydrogen) atoms. The molecule has 1 saturated heterocycles. The molecule has 3 aromatic carbocycles. The molecule has 1 amide bonds. The maximum atomic E-state index is 13.1. The molecule has 1 N–H and O–H groups in total. The maximum absolute atomic E-state index is 13.1. The summed E-state index contributed by atoms with van der Waals surface area (Å²) in [7, 11) is -3.59. The highest BCUT2D eigenvalue weighted by Crippen LogP contribution is 2.26. The van der Waals surface area contributed by atoms with Crippen LogP contribution in [0.5, 0.6) is 5.75 Å². The molecule has 0 aliphatic carbocycles. The number of aryl methyl sites for hydroxylation is 1. The van der Waals surface area contributed by atoms with Crippen molar-refractivity contribution >= 4 is 21.6 Å². The summed E-state index contributed by atoms with van der Waals surface area (Å²) in [6, 6.07) is 21.6. The minimum atomic E-state index is -3.59. The highest BCUT2D eigenvalue weighted by Gasteiger charge is 2.26. The van der Waals surface area contributed by atoms with Gasteiger partial charge >= 0.3 is 0 Å². The molecule has 0 bridgehead atoms. The molecule has 1 aliphatic rings. The number of ether oxygens (including phenoxy) is 1. The van der Waals surface area contributed by atoms with Gasteiger partial charge in [-0.3, -0.25) is 4.79 Å². The molecule has 1 aliphatic heterocycles. The number of nitrogens with one attached hydrogen (secondary N) is 1. The quantitative estimate of drug-likeness (QED) is 0.534. The van der Waals surface area contributed by atoms with Crippen LogP contribution in [0.4, 0.5) is 5.69 Å². The lowest BCUT2D eigenvalue weighted by Crippen LogP contribution is -2.35. The first-order valence-electron chi connectivity index (χ1n) is 11.1. The third-order valence-electron chi connectivity index (χ3n) is 5.81. The Hall–Kier alpha value is -3.16. The predicted octanol–water partition coefficient (Wildman–Crippen LogP) is 5.00. The number of anilines is 1. The van der Waals surface area contributed by atoms with Crippen molar-refractivity contribution in [2.45, 2.75) is 37.7 Å². The number of rotatable bonds is 7. The number of carbonyl (C=O) groups excluding carboxylic acids is 1. The van der Waals surface area contributed by atoms with Crippen molar-refractivity contribution < 1.29 is 17.9 Å². The Balaban J connectivity index is 1.54. The minimum absolute atomic E-state index is 0.200. The first-order valence-corrected chi connectivity index (χ1v) is 12.6. The van der Waals surface area contributed by atoms with Crippen LogP contribution in [0.15, 0.2) is 77.7 Å². The van der Waals surface area contributed by atoms with Crippen LogP contribution in [0.25, 0.3) is 0 Å². The molecule has 0 aromatic heterocycles. The van der Waals surface area contributed by atoms with Crippen molar-refractivity contribution in [3.8, 4) is 5.75 Å². The van der Waals surface area contributed by atoms with Gasteiger partial charge in [0.2, 0.25) is 10.0 Å². The van der Waals surface area contributed by atoms with Crippen molar-refractivity contribution in [1.82, 2.24) is 4.31 Å². The Morgan fingerprint density at radius 1 is 0.939 bits per heavy atom. The van der Waals surface area contributed by atoms with Gasteiger partial charge in [0.05, 0.1) is 4.90 Å². The van der Waals surface area contributed by atoms with Crippen LogP contribution in [0.2, 0.25) is 0 Å². The molecule has 0 radical (unpaired) electrons. The average Bonchev–Trinajstić information content (AvgIpc) is 2.85. The van der Waals surface area contributed by atoms with Gasteiger partial charge in [0.25, 0.3) is 5.91 Å². The highest BCUT2D eigenvalue weighted by atomic mass is 32.2. The summed E-state index contributed by atoms with van der Waals surface area (Å²) >= 11 is 0. The second-order valence-corrected chi connectivity index (χ2v) is 10.1. The Morgan fingerprint density at radius 3 is 2.39 bits per heavy atom. The number of benzene rings is 3. The van der Waals surface area contributed by atoms with Gasteiger partial charge in [0.1, 0.15) is 12.4 Å². The zero-order chi connectivity index (χ0) is 23.3. The van der Waals surface area contributed by atoms with Crippen LogP contribution < -0.4 is 10.1 Å². The summed E-state index contributed by atoms with van der Waals surface area (Å²) in [6.07, 6.45) is 2.79. The normalized spacial score (nSPS) is 14.6. The molecule has 1 heterocycles. The van der Waals surface area contributed by atoms with Crippen LogP contribution in [-0.2, 0) is 16.6 Å². The smallest absolute Gasteiger partial charge is 0.256 e. The summed E-state index contributed by atoms with van der Waals surface area (Å²) in [5.74, 6) is 0.414. The van der Waals surface area contributed by atoms with Gasteiger partial charge in [-0.2, -0.15) is 4.31 Å². The van der Waals surface area contributed by atoms with Crippen molar-refractivity contribution in [2.24, 2.45) is 0 Å². The van der Waals surface area contributed by atoms with E-state index in [-0.39, 0.29) is 17.4 Å². The van der Waals surface area contributed by atoms with Crippen LogP contribution >= 0.6 is 0 Å². The topological polar surface area (TPSA) is 75.7 Å². The largest absolute Gasteiger partial charge is 0.489 e. The van der Waals surface area contributed by atoms with E-state index in [9.17, 15) is 13.2 Å². The molecule has 3 aromatic rings. The molecule has 6 nitrogen and oxygen atoms in total. The van der Waals surface area contributed by atoms with E-state index in [0.29, 0.717) is 24.3 Å². The van der Waals surface area contributed by atoms with Crippen LogP contribution in [0.1, 0.15) is 40.7 Å². The molecule has 4 rings (SSSR count). The first-order chi connectivity index (χ1) is 15.9. The second-order valence-electron chi connectivity index (χ2n) is 8.15. The van der Waals surface area contributed by atoms with E-state index in [2.05, 4.69) is 5.32 Å². The average molecular weight is 465 g/mol. The fourth-order valence-corrected chi connectivity index (χ4v) is 5.43. The van der Waals surface area contributed by atoms with Crippen molar-refractivity contribution in [1.29, 1.82) is 0 Å². The molecule has 172 valence electrons. The minimum Gasteiger partial charge on any atom is -0.489 e. The summed E-state index contributed by atoms with van der Waals surface area (Å²) in [6.45, 7) is 3.16. The number of hydrogen-bond donors (Lipinski definition) is 1. The number of amides is 1. The van der Waals surface area contributed by atoms with Crippen LogP contribution in [0, 0.1) is 6.92 Å². The highest BCUT2D eigenvalue weighted by molar-refractivity contribution is 7.89. The Labute approximate surface area is 195 Å². The van der Waals surface area contributed by atoms with E-state index in [1.54, 1.807) is 30.3 Å². The number of hydrogen-bond acceptors (Lipinski definition) is 4. The summed E-state index contributed by atoms with van der Waals surface area (Å²) in [5, 5.41) is 2.90. The third kappa shape index (κ3) is 5.43. The number of nitrogens with zero attached hydrogens (tertiary/aromatic N) is 1. The van der Waals surface area contributed by atoms with Gasteiger partial charge in [-0.25, -0.2) is 8.42 Å². The molecule has 0 saturated carbocycles. The SMILES string of the molecule is Cc1ccc(S(=O)(=O)N2CCCCC2)cc1NC(=O)c1ccccc1COc1ccccc1. The van der Waals surface area contributed by atoms with Gasteiger partial charge in [0.15, 0.2) is 0 Å². The van der Waals surface area contributed by atoms with E-state index in [1.807, 2.05) is 49.4 Å². The Morgan fingerprint density at radius 2 is 1.64 bits per heavy atom. The predicted molar refractivity (Wildman–Crippen MR) is 129 cm³/mol. The molecule has 0 spiro atoms. The molecule has 1 fully saturated rings. The molecule has 7 heteroatoms. The molecular formula is C26H28N2O4S. The third-order valence-corrected chi connectivity index (χ3v) is 7.70. The van der Waals surface area contributed by atoms with Crippen molar-refractivity contribution in [3.63, 3.8) is 0 Å². The zero-order valence-electron chi connectivity index (χ0n) is 18.7. The fourth-order valence-electron chi connectivity index (χ4n) is 3.89. The summed E-state index contributed by atoms with van der Waals surface area (Å²) < 4.78 is 33.5. The van der Waals surface area contributed by atoms with Gasteiger partial charge in [0, 0.05) is 29.9 Å². The van der Waals surface area contributed by atoms with Crippen molar-refractivity contribution in [2.75, 3.05) is 18.4 Å². The van der Waals surface area contributed by atoms with Gasteiger partial charge in [-0.05, 0) is 55.7 Å². The Kier molecular flexibility index (Phi) is 7.11. The van der Waals surface area contributed by atoms with E-state index >= 15 is 0 Å². The number of sulfonamides is 1. The molecule has 0 unspecified atom stereocenters. The van der Waals surface area contributed by atoms with Gasteiger partial charge in [-0.15, -0.1) is 0 Å². The van der Waals surface area contributed by atoms with Gasteiger partial charge < -0.3 is 10.1 Å². The summed E-state index contributed by atoms with van der Waals surface area (Å²) in [4.78, 5) is 13.3. The summed E-state index contributed by atoms with van der Waals surface area (Å²) in [5.41, 5.74) is 2.50. The van der Waals surface area contributed by atoms with E-state index in [4.69, 9.17) is 4.74 Å². The van der Waals surface area contributed by atoms with E-state index < -0.39 is 10.0 Å². The standard InChI is InChI=1S/C26H28N2O4S/c1-20-14-15-23(33(30,31)28-16-8-3-9-17-28)18-25(20)27-26(29)24-13-7-6-10-21(24)19-32-22-11-4-2-5-12-22/h2,4-7,10-15,18H,3,8-9,16-17,19H2,1H3,(H,27,29). The van der Waals surface area contributed by atoms with Crippen LogP contribution in [-0.4, -0.2) is 31.7 Å².